The van der Waals surface area contributed by atoms with E-state index in [0.717, 1.165) is 49.9 Å². The van der Waals surface area contributed by atoms with Crippen molar-refractivity contribution >= 4 is 98.6 Å². The third kappa shape index (κ3) is 10.0. The maximum Gasteiger partial charge on any atom is 0.253 e. The summed E-state index contributed by atoms with van der Waals surface area (Å²) < 4.78 is 0. The van der Waals surface area contributed by atoms with Gasteiger partial charge in [-0.2, -0.15) is 9.97 Å². The van der Waals surface area contributed by atoms with Crippen molar-refractivity contribution in [3.05, 3.63) is 141 Å². The van der Waals surface area contributed by atoms with E-state index in [2.05, 4.69) is 63.7 Å². The molecule has 0 fully saturated rings. The molecule has 2 aliphatic carbocycles. The van der Waals surface area contributed by atoms with Crippen LogP contribution in [0.5, 0.6) is 0 Å². The highest BCUT2D eigenvalue weighted by atomic mass is 35.5. The van der Waals surface area contributed by atoms with Crippen molar-refractivity contribution in [3.63, 3.8) is 0 Å². The van der Waals surface area contributed by atoms with E-state index in [-0.39, 0.29) is 17.7 Å². The number of amides is 3. The number of nitrogens with one attached hydrogen (secondary N) is 7. The minimum absolute atomic E-state index is 0.202. The van der Waals surface area contributed by atoms with E-state index in [1.807, 2.05) is 36.4 Å². The Balaban J connectivity index is 0.000000188. The molecule has 0 saturated heterocycles. The van der Waals surface area contributed by atoms with Gasteiger partial charge in [0.1, 0.15) is 10.0 Å². The van der Waals surface area contributed by atoms with E-state index in [0.29, 0.717) is 67.5 Å². The quantitative estimate of drug-likeness (QED) is 0.0429. The van der Waals surface area contributed by atoms with Gasteiger partial charge in [-0.3, -0.25) is 14.4 Å². The van der Waals surface area contributed by atoms with Crippen molar-refractivity contribution in [1.82, 2.24) is 30.6 Å². The largest absolute Gasteiger partial charge is 0.399 e. The second kappa shape index (κ2) is 19.4. The maximum atomic E-state index is 12.2. The van der Waals surface area contributed by atoms with Gasteiger partial charge in [0.05, 0.1) is 34.9 Å². The Hall–Kier alpha value is -7.23. The summed E-state index contributed by atoms with van der Waals surface area (Å²) in [6.45, 7) is 3.50. The lowest BCUT2D eigenvalue weighted by Crippen LogP contribution is -2.19. The standard InChI is InChI=1S/C24H23ClN6O2.C21H21ClN6O/c1-3-21(32)28-15-11-14-7-6-9-16(14)20(12-15)30-24-27-13-18(25)22(31-24)29-19-10-5-4-8-17(19)23(33)26-2;1-24-20(29)15-6-2-3-8-17(15)26-19-16(22)11-25-21(28-19)27-18-10-13(23)9-12-5-4-7-14(12)18/h3-5,8,10-13H,1,6-7,9H2,2H3,(H,26,33)(H,28,32)(H2,27,29,30,31);2-3,6,8-11H,4-5,7,23H2,1H3,(H,24,29)(H2,25,26,27,28). The lowest BCUT2D eigenvalue weighted by molar-refractivity contribution is -0.111. The average molecular weight is 872 g/mol. The van der Waals surface area contributed by atoms with Crippen LogP contribution in [0, 0.1) is 0 Å². The molecule has 3 amide bonds. The molecule has 0 atom stereocenters. The number of carbonyl (C=O) groups excluding carboxylic acids is 3. The third-order valence-corrected chi connectivity index (χ3v) is 10.7. The Morgan fingerprint density at radius 2 is 1.13 bits per heavy atom. The number of anilines is 10. The van der Waals surface area contributed by atoms with Gasteiger partial charge in [-0.15, -0.1) is 0 Å². The monoisotopic (exact) mass is 870 g/mol. The number of benzene rings is 4. The summed E-state index contributed by atoms with van der Waals surface area (Å²) in [5.74, 6) is 0.791. The predicted molar refractivity (Wildman–Crippen MR) is 247 cm³/mol. The molecule has 6 aromatic rings. The van der Waals surface area contributed by atoms with E-state index in [4.69, 9.17) is 28.9 Å². The summed E-state index contributed by atoms with van der Waals surface area (Å²) in [7, 11) is 3.16. The fourth-order valence-electron chi connectivity index (χ4n) is 7.30. The Bertz CT molecular complexity index is 2690. The predicted octanol–water partition coefficient (Wildman–Crippen LogP) is 8.64. The molecule has 4 aromatic carbocycles. The number of nitrogens with two attached hydrogens (primary N) is 1. The molecule has 2 heterocycles. The second-order valence-electron chi connectivity index (χ2n) is 14.3. The molecule has 0 radical (unpaired) electrons. The molecule has 15 nitrogen and oxygen atoms in total. The SMILES string of the molecule is C=CC(=O)Nc1cc2c(c(Nc3ncc(Cl)c(Nc4ccccc4C(=O)NC)n3)c1)CCC2.CNC(=O)c1ccccc1Nc1nc(Nc2cc(N)cc3c2CCC3)ncc1Cl. The van der Waals surface area contributed by atoms with Gasteiger partial charge in [0.15, 0.2) is 11.6 Å². The Kier molecular flexibility index (Phi) is 13.4. The molecule has 17 heteroatoms. The van der Waals surface area contributed by atoms with Crippen LogP contribution < -0.4 is 43.0 Å². The van der Waals surface area contributed by atoms with Crippen LogP contribution in [0.15, 0.2) is 97.8 Å². The summed E-state index contributed by atoms with van der Waals surface area (Å²) in [6, 6.07) is 22.0. The van der Waals surface area contributed by atoms with Crippen LogP contribution >= 0.6 is 23.2 Å². The highest BCUT2D eigenvalue weighted by Crippen LogP contribution is 2.36. The summed E-state index contributed by atoms with van der Waals surface area (Å²) in [6.07, 6.45) is 10.3. The molecule has 2 aromatic heterocycles. The third-order valence-electron chi connectivity index (χ3n) is 10.2. The summed E-state index contributed by atoms with van der Waals surface area (Å²) in [5, 5.41) is 21.5. The minimum Gasteiger partial charge on any atom is -0.399 e. The number of nitrogen functional groups attached to an aromatic ring is 1. The molecule has 8 rings (SSSR count). The van der Waals surface area contributed by atoms with Crippen LogP contribution in [0.1, 0.15) is 55.8 Å². The van der Waals surface area contributed by atoms with Gasteiger partial charge in [-0.05, 0) is 115 Å². The number of fused-ring (bicyclic) bond motifs is 2. The molecular formula is C45H44Cl2N12O3. The molecule has 0 unspecified atom stereocenters. The highest BCUT2D eigenvalue weighted by molar-refractivity contribution is 6.33. The van der Waals surface area contributed by atoms with Crippen LogP contribution in [0.3, 0.4) is 0 Å². The van der Waals surface area contributed by atoms with Gasteiger partial charge in [0.25, 0.3) is 11.8 Å². The number of hydrogen-bond acceptors (Lipinski definition) is 12. The molecule has 62 heavy (non-hydrogen) atoms. The van der Waals surface area contributed by atoms with Gasteiger partial charge >= 0.3 is 0 Å². The molecule has 316 valence electrons. The Labute approximate surface area is 368 Å². The fourth-order valence-corrected chi connectivity index (χ4v) is 7.58. The molecule has 2 aliphatic rings. The number of halogens is 2. The zero-order chi connectivity index (χ0) is 43.8. The topological polar surface area (TPSA) is 213 Å². The maximum absolute atomic E-state index is 12.2. The number of para-hydroxylation sites is 2. The van der Waals surface area contributed by atoms with Gasteiger partial charge < -0.3 is 43.0 Å². The fraction of sp³-hybridized carbons (Fsp3) is 0.178. The zero-order valence-corrected chi connectivity index (χ0v) is 35.5. The molecule has 9 N–H and O–H groups in total. The number of aryl methyl sites for hydroxylation is 2. The number of rotatable bonds is 12. The lowest BCUT2D eigenvalue weighted by atomic mass is 10.1. The van der Waals surface area contributed by atoms with Crippen LogP contribution in [0.4, 0.5) is 57.7 Å². The van der Waals surface area contributed by atoms with Crippen molar-refractivity contribution in [2.45, 2.75) is 38.5 Å². The summed E-state index contributed by atoms with van der Waals surface area (Å²) >= 11 is 12.6. The van der Waals surface area contributed by atoms with Crippen molar-refractivity contribution in [2.75, 3.05) is 46.4 Å². The average Bonchev–Trinajstić information content (AvgIpc) is 3.96. The number of hydrogen-bond donors (Lipinski definition) is 8. The van der Waals surface area contributed by atoms with E-state index in [1.165, 1.54) is 40.7 Å². The first kappa shape index (κ1) is 42.9. The lowest BCUT2D eigenvalue weighted by Gasteiger charge is -2.15. The normalized spacial score (nSPS) is 12.1. The van der Waals surface area contributed by atoms with Crippen molar-refractivity contribution in [2.24, 2.45) is 0 Å². The Morgan fingerprint density at radius 3 is 1.63 bits per heavy atom. The minimum atomic E-state index is -0.275. The van der Waals surface area contributed by atoms with Crippen LogP contribution in [-0.2, 0) is 30.5 Å². The first-order chi connectivity index (χ1) is 30.0. The summed E-state index contributed by atoms with van der Waals surface area (Å²) in [5.41, 5.74) is 16.1. The Morgan fingerprint density at radius 1 is 0.645 bits per heavy atom. The summed E-state index contributed by atoms with van der Waals surface area (Å²) in [4.78, 5) is 53.7. The van der Waals surface area contributed by atoms with Crippen molar-refractivity contribution in [3.8, 4) is 0 Å². The number of nitrogens with zero attached hydrogens (tertiary/aromatic N) is 4. The smallest absolute Gasteiger partial charge is 0.253 e. The van der Waals surface area contributed by atoms with Gasteiger partial charge in [-0.25, -0.2) is 9.97 Å². The van der Waals surface area contributed by atoms with Gasteiger partial charge in [-0.1, -0.05) is 54.0 Å². The van der Waals surface area contributed by atoms with Crippen molar-refractivity contribution in [1.29, 1.82) is 0 Å². The second-order valence-corrected chi connectivity index (χ2v) is 15.1. The molecule has 0 bridgehead atoms. The van der Waals surface area contributed by atoms with E-state index in [9.17, 15) is 14.4 Å². The van der Waals surface area contributed by atoms with Gasteiger partial charge in [0, 0.05) is 36.8 Å². The van der Waals surface area contributed by atoms with E-state index >= 15 is 0 Å². The van der Waals surface area contributed by atoms with Crippen LogP contribution in [-0.4, -0.2) is 51.8 Å². The van der Waals surface area contributed by atoms with Crippen molar-refractivity contribution < 1.29 is 14.4 Å². The van der Waals surface area contributed by atoms with E-state index < -0.39 is 0 Å². The molecule has 0 aliphatic heterocycles. The van der Waals surface area contributed by atoms with Gasteiger partial charge in [0.2, 0.25) is 17.8 Å². The first-order valence-corrected chi connectivity index (χ1v) is 20.5. The number of aromatic nitrogens is 4. The van der Waals surface area contributed by atoms with Crippen LogP contribution in [0.25, 0.3) is 0 Å². The molecule has 0 saturated carbocycles. The van der Waals surface area contributed by atoms with E-state index in [1.54, 1.807) is 50.5 Å². The number of carbonyl (C=O) groups is 3. The molecule has 0 spiro atoms. The molecular weight excluding hydrogens is 827 g/mol. The highest BCUT2D eigenvalue weighted by Gasteiger charge is 2.20. The first-order valence-electron chi connectivity index (χ1n) is 19.8. The van der Waals surface area contributed by atoms with Crippen LogP contribution in [0.2, 0.25) is 10.0 Å². The zero-order valence-electron chi connectivity index (χ0n) is 34.0.